The number of amides is 4. The van der Waals surface area contributed by atoms with Crippen LogP contribution in [0.4, 0.5) is 4.79 Å². The fourth-order valence-corrected chi connectivity index (χ4v) is 3.58. The molecule has 0 radical (unpaired) electrons. The van der Waals surface area contributed by atoms with Crippen molar-refractivity contribution in [1.29, 1.82) is 0 Å². The van der Waals surface area contributed by atoms with Crippen molar-refractivity contribution in [1.82, 2.24) is 15.5 Å². The zero-order chi connectivity index (χ0) is 20.9. The highest BCUT2D eigenvalue weighted by molar-refractivity contribution is 9.10. The Kier molecular flexibility index (Phi) is 7.17. The number of urea groups is 1. The molecule has 1 aliphatic heterocycles. The number of rotatable bonds is 8. The Labute approximate surface area is 172 Å². The van der Waals surface area contributed by atoms with Crippen molar-refractivity contribution >= 4 is 39.7 Å². The number of hydrogen-bond donors (Lipinski definition) is 2. The summed E-state index contributed by atoms with van der Waals surface area (Å²) in [4.78, 5) is 50.1. The van der Waals surface area contributed by atoms with Crippen LogP contribution >= 0.6 is 15.9 Å². The van der Waals surface area contributed by atoms with Gasteiger partial charge in [-0.2, -0.15) is 0 Å². The van der Waals surface area contributed by atoms with E-state index in [1.54, 1.807) is 18.2 Å². The summed E-state index contributed by atoms with van der Waals surface area (Å²) in [7, 11) is 1.27. The van der Waals surface area contributed by atoms with E-state index in [1.165, 1.54) is 7.11 Å². The molecule has 2 rings (SSSR count). The number of carbonyl (C=O) groups is 4. The normalized spacial score (nSPS) is 16.5. The summed E-state index contributed by atoms with van der Waals surface area (Å²) in [5.74, 6) is -1.44. The van der Waals surface area contributed by atoms with Gasteiger partial charge in [0.05, 0.1) is 19.6 Å². The summed E-state index contributed by atoms with van der Waals surface area (Å²) in [6, 6.07) is 5.91. The lowest BCUT2D eigenvalue weighted by Crippen LogP contribution is -2.47. The number of hydrogen-bond acceptors (Lipinski definition) is 5. The molecule has 8 nitrogen and oxygen atoms in total. The quantitative estimate of drug-likeness (QED) is 0.463. The molecule has 1 fully saturated rings. The summed E-state index contributed by atoms with van der Waals surface area (Å²) < 4.78 is 5.50. The number of nitrogens with zero attached hydrogens (tertiary/aromatic N) is 1. The van der Waals surface area contributed by atoms with Gasteiger partial charge in [0.1, 0.15) is 12.1 Å². The summed E-state index contributed by atoms with van der Waals surface area (Å²) >= 11 is 3.36. The lowest BCUT2D eigenvalue weighted by molar-refractivity contribution is -0.141. The first-order valence-corrected chi connectivity index (χ1v) is 9.81. The zero-order valence-electron chi connectivity index (χ0n) is 16.1. The van der Waals surface area contributed by atoms with Gasteiger partial charge in [0, 0.05) is 4.47 Å². The monoisotopic (exact) mass is 453 g/mol. The third-order valence-electron chi connectivity index (χ3n) is 4.94. The van der Waals surface area contributed by atoms with Crippen LogP contribution in [0, 0.1) is 0 Å². The van der Waals surface area contributed by atoms with E-state index in [9.17, 15) is 19.2 Å². The molecule has 1 aliphatic rings. The van der Waals surface area contributed by atoms with Gasteiger partial charge in [0.15, 0.2) is 0 Å². The highest BCUT2D eigenvalue weighted by Crippen LogP contribution is 2.25. The van der Waals surface area contributed by atoms with Gasteiger partial charge in [0.25, 0.3) is 5.91 Å². The first-order chi connectivity index (χ1) is 13.3. The second-order valence-corrected chi connectivity index (χ2v) is 7.48. The van der Waals surface area contributed by atoms with Crippen molar-refractivity contribution in [2.75, 3.05) is 13.7 Å². The third kappa shape index (κ3) is 4.70. The van der Waals surface area contributed by atoms with Gasteiger partial charge in [-0.25, -0.2) is 4.79 Å². The van der Waals surface area contributed by atoms with Gasteiger partial charge in [-0.05, 0) is 30.5 Å². The van der Waals surface area contributed by atoms with Crippen LogP contribution in [0.3, 0.4) is 0 Å². The minimum atomic E-state index is -0.965. The average molecular weight is 454 g/mol. The number of nitrogens with one attached hydrogen (secondary N) is 2. The predicted octanol–water partition coefficient (Wildman–Crippen LogP) is 2.28. The molecular formula is C19H24BrN3O5. The van der Waals surface area contributed by atoms with Crippen molar-refractivity contribution < 1.29 is 23.9 Å². The first kappa shape index (κ1) is 21.9. The smallest absolute Gasteiger partial charge is 0.325 e. The van der Waals surface area contributed by atoms with Gasteiger partial charge < -0.3 is 15.4 Å². The molecule has 0 saturated carbocycles. The number of carbonyl (C=O) groups excluding carboxylic acids is 4. The number of esters is 1. The van der Waals surface area contributed by atoms with Crippen LogP contribution in [0.2, 0.25) is 0 Å². The zero-order valence-corrected chi connectivity index (χ0v) is 17.7. The Morgan fingerprint density at radius 3 is 2.50 bits per heavy atom. The number of benzene rings is 1. The fraction of sp³-hybridized carbons (Fsp3) is 0.474. The molecule has 1 aromatic carbocycles. The molecule has 152 valence electrons. The molecule has 0 aliphatic carbocycles. The van der Waals surface area contributed by atoms with E-state index in [-0.39, 0.29) is 6.42 Å². The highest BCUT2D eigenvalue weighted by Gasteiger charge is 2.49. The summed E-state index contributed by atoms with van der Waals surface area (Å²) in [5, 5.41) is 5.41. The minimum absolute atomic E-state index is 0.0767. The molecule has 0 spiro atoms. The van der Waals surface area contributed by atoms with E-state index in [2.05, 4.69) is 26.6 Å². The van der Waals surface area contributed by atoms with E-state index < -0.39 is 41.9 Å². The maximum atomic E-state index is 12.6. The van der Waals surface area contributed by atoms with Crippen molar-refractivity contribution in [2.45, 2.75) is 44.7 Å². The molecule has 0 aromatic heterocycles. The van der Waals surface area contributed by atoms with E-state index in [0.29, 0.717) is 18.4 Å². The summed E-state index contributed by atoms with van der Waals surface area (Å²) in [5.41, 5.74) is -0.269. The van der Waals surface area contributed by atoms with Crippen LogP contribution in [0.5, 0.6) is 0 Å². The van der Waals surface area contributed by atoms with Crippen LogP contribution in [-0.4, -0.2) is 47.9 Å². The molecule has 0 bridgehead atoms. The highest BCUT2D eigenvalue weighted by atomic mass is 79.9. The van der Waals surface area contributed by atoms with Gasteiger partial charge in [-0.1, -0.05) is 41.9 Å². The number of imide groups is 1. The van der Waals surface area contributed by atoms with Crippen LogP contribution in [-0.2, 0) is 19.1 Å². The topological polar surface area (TPSA) is 105 Å². The maximum absolute atomic E-state index is 12.6. The number of halogens is 1. The SMILES string of the molecule is CCC1(CC)NC(=O)N(CC(=O)NC(CC(=O)OC)c2cccc(Br)c2)C1=O. The largest absolute Gasteiger partial charge is 0.469 e. The third-order valence-corrected chi connectivity index (χ3v) is 5.43. The van der Waals surface area contributed by atoms with Crippen molar-refractivity contribution in [2.24, 2.45) is 0 Å². The molecular weight excluding hydrogens is 430 g/mol. The lowest BCUT2D eigenvalue weighted by atomic mass is 9.93. The Hall–Kier alpha value is -2.42. The Balaban J connectivity index is 2.14. The molecule has 9 heteroatoms. The van der Waals surface area contributed by atoms with E-state index in [0.717, 1.165) is 9.37 Å². The molecule has 1 saturated heterocycles. The predicted molar refractivity (Wildman–Crippen MR) is 105 cm³/mol. The van der Waals surface area contributed by atoms with Gasteiger partial charge in [0.2, 0.25) is 5.91 Å². The second-order valence-electron chi connectivity index (χ2n) is 6.57. The van der Waals surface area contributed by atoms with Crippen LogP contribution < -0.4 is 10.6 Å². The first-order valence-electron chi connectivity index (χ1n) is 9.02. The number of ether oxygens (including phenoxy) is 1. The van der Waals surface area contributed by atoms with Gasteiger partial charge in [-0.15, -0.1) is 0 Å². The molecule has 28 heavy (non-hydrogen) atoms. The van der Waals surface area contributed by atoms with Crippen LogP contribution in [0.15, 0.2) is 28.7 Å². The standard InChI is InChI=1S/C19H24BrN3O5/c1-4-19(5-2)17(26)23(18(27)22-19)11-15(24)21-14(10-16(25)28-3)12-7-6-8-13(20)9-12/h6-9,14H,4-5,10-11H2,1-3H3,(H,21,24)(H,22,27). The van der Waals surface area contributed by atoms with Gasteiger partial charge in [-0.3, -0.25) is 19.3 Å². The molecule has 1 heterocycles. The van der Waals surface area contributed by atoms with Gasteiger partial charge >= 0.3 is 12.0 Å². The lowest BCUT2D eigenvalue weighted by Gasteiger charge is -2.23. The van der Waals surface area contributed by atoms with E-state index in [4.69, 9.17) is 4.74 Å². The second kappa shape index (κ2) is 9.18. The Morgan fingerprint density at radius 2 is 1.96 bits per heavy atom. The van der Waals surface area contributed by atoms with Crippen molar-refractivity contribution in [3.8, 4) is 0 Å². The van der Waals surface area contributed by atoms with Crippen molar-refractivity contribution in [3.63, 3.8) is 0 Å². The molecule has 1 aromatic rings. The van der Waals surface area contributed by atoms with Crippen LogP contribution in [0.1, 0.15) is 44.7 Å². The maximum Gasteiger partial charge on any atom is 0.325 e. The number of methoxy groups -OCH3 is 1. The molecule has 4 amide bonds. The molecule has 1 atom stereocenters. The minimum Gasteiger partial charge on any atom is -0.469 e. The average Bonchev–Trinajstić information content (AvgIpc) is 2.92. The molecule has 1 unspecified atom stereocenters. The van der Waals surface area contributed by atoms with E-state index in [1.807, 2.05) is 19.9 Å². The van der Waals surface area contributed by atoms with E-state index >= 15 is 0 Å². The summed E-state index contributed by atoms with van der Waals surface area (Å²) in [6.45, 7) is 3.20. The summed E-state index contributed by atoms with van der Waals surface area (Å²) in [6.07, 6.45) is 0.803. The van der Waals surface area contributed by atoms with Crippen molar-refractivity contribution in [3.05, 3.63) is 34.3 Å². The molecule has 2 N–H and O–H groups in total. The Morgan fingerprint density at radius 1 is 1.29 bits per heavy atom. The van der Waals surface area contributed by atoms with Crippen LogP contribution in [0.25, 0.3) is 0 Å². The Bertz CT molecular complexity index is 779. The fourth-order valence-electron chi connectivity index (χ4n) is 3.16.